The van der Waals surface area contributed by atoms with Crippen LogP contribution >= 0.6 is 11.6 Å². The van der Waals surface area contributed by atoms with Gasteiger partial charge in [0.05, 0.1) is 11.6 Å². The quantitative estimate of drug-likeness (QED) is 0.891. The molecule has 1 aromatic carbocycles. The molecule has 0 fully saturated rings. The molecule has 5 heteroatoms. The van der Waals surface area contributed by atoms with Crippen molar-refractivity contribution in [3.8, 4) is 0 Å². The van der Waals surface area contributed by atoms with Gasteiger partial charge in [-0.3, -0.25) is 9.89 Å². The molecule has 0 saturated carbocycles. The Labute approximate surface area is 129 Å². The van der Waals surface area contributed by atoms with Crippen molar-refractivity contribution in [2.75, 3.05) is 6.54 Å². The Morgan fingerprint density at radius 1 is 1.38 bits per heavy atom. The predicted molar refractivity (Wildman–Crippen MR) is 84.6 cm³/mol. The second-order valence-corrected chi connectivity index (χ2v) is 5.61. The average molecular weight is 306 g/mol. The molecule has 1 unspecified atom stereocenters. The van der Waals surface area contributed by atoms with Crippen LogP contribution in [0.3, 0.4) is 0 Å². The lowest BCUT2D eigenvalue weighted by Crippen LogP contribution is -2.30. The highest BCUT2D eigenvalue weighted by atomic mass is 35.5. The number of amides is 1. The van der Waals surface area contributed by atoms with Gasteiger partial charge in [-0.2, -0.15) is 5.10 Å². The summed E-state index contributed by atoms with van der Waals surface area (Å²) in [5.74, 6) is -0.204. The van der Waals surface area contributed by atoms with Gasteiger partial charge in [0.25, 0.3) is 0 Å². The Bertz CT molecular complexity index is 617. The van der Waals surface area contributed by atoms with Gasteiger partial charge in [0.2, 0.25) is 5.91 Å². The summed E-state index contributed by atoms with van der Waals surface area (Å²) < 4.78 is 0. The van der Waals surface area contributed by atoms with Crippen LogP contribution < -0.4 is 5.32 Å². The number of carbonyl (C=O) groups excluding carboxylic acids is 1. The van der Waals surface area contributed by atoms with Gasteiger partial charge in [-0.25, -0.2) is 0 Å². The van der Waals surface area contributed by atoms with Crippen molar-refractivity contribution in [2.24, 2.45) is 0 Å². The smallest absolute Gasteiger partial charge is 0.227 e. The Balaban J connectivity index is 1.92. The number of nitrogens with zero attached hydrogens (tertiary/aromatic N) is 1. The first kappa shape index (κ1) is 15.6. The Kier molecular flexibility index (Phi) is 5.02. The van der Waals surface area contributed by atoms with Gasteiger partial charge in [0.1, 0.15) is 0 Å². The van der Waals surface area contributed by atoms with Crippen LogP contribution in [0.2, 0.25) is 5.02 Å². The minimum absolute atomic E-state index is 0.00894. The minimum Gasteiger partial charge on any atom is -0.355 e. The van der Waals surface area contributed by atoms with Gasteiger partial charge in [-0.1, -0.05) is 29.8 Å². The molecular weight excluding hydrogens is 286 g/mol. The van der Waals surface area contributed by atoms with Crippen molar-refractivity contribution in [3.05, 3.63) is 51.8 Å². The Hall–Kier alpha value is -1.81. The van der Waals surface area contributed by atoms with E-state index in [2.05, 4.69) is 15.5 Å². The molecule has 4 nitrogen and oxygen atoms in total. The fraction of sp³-hybridized carbons (Fsp3) is 0.375. The lowest BCUT2D eigenvalue weighted by Gasteiger charge is -2.13. The molecule has 1 atom stereocenters. The van der Waals surface area contributed by atoms with E-state index in [-0.39, 0.29) is 11.8 Å². The van der Waals surface area contributed by atoms with Gasteiger partial charge >= 0.3 is 0 Å². The van der Waals surface area contributed by atoms with E-state index < -0.39 is 0 Å². The number of aromatic amines is 1. The van der Waals surface area contributed by atoms with Crippen molar-refractivity contribution in [1.82, 2.24) is 15.5 Å². The zero-order valence-corrected chi connectivity index (χ0v) is 13.3. The maximum atomic E-state index is 12.2. The summed E-state index contributed by atoms with van der Waals surface area (Å²) in [5.41, 5.74) is 3.84. The van der Waals surface area contributed by atoms with Gasteiger partial charge in [0, 0.05) is 22.8 Å². The molecule has 0 saturated heterocycles. The van der Waals surface area contributed by atoms with Crippen LogP contribution in [-0.2, 0) is 11.2 Å². The standard InChI is InChI=1S/C16H20ClN3O/c1-10(15-11(2)19-20-12(15)3)16(21)18-9-8-13-6-4-5-7-14(13)17/h4-7,10H,8-9H2,1-3H3,(H,18,21)(H,19,20). The summed E-state index contributed by atoms with van der Waals surface area (Å²) in [6.07, 6.45) is 0.724. The third-order valence-corrected chi connectivity index (χ3v) is 4.03. The largest absolute Gasteiger partial charge is 0.355 e. The highest BCUT2D eigenvalue weighted by Gasteiger charge is 2.20. The van der Waals surface area contributed by atoms with Crippen molar-refractivity contribution >= 4 is 17.5 Å². The highest BCUT2D eigenvalue weighted by molar-refractivity contribution is 6.31. The maximum absolute atomic E-state index is 12.2. The third kappa shape index (κ3) is 3.64. The van der Waals surface area contributed by atoms with Crippen LogP contribution in [0.25, 0.3) is 0 Å². The first-order valence-electron chi connectivity index (χ1n) is 7.03. The molecule has 112 valence electrons. The average Bonchev–Trinajstić information content (AvgIpc) is 2.79. The predicted octanol–water partition coefficient (Wildman–Crippen LogP) is 3.14. The molecule has 2 aromatic rings. The zero-order chi connectivity index (χ0) is 15.4. The summed E-state index contributed by atoms with van der Waals surface area (Å²) in [6.45, 7) is 6.31. The van der Waals surface area contributed by atoms with E-state index in [1.807, 2.05) is 45.0 Å². The maximum Gasteiger partial charge on any atom is 0.227 e. The van der Waals surface area contributed by atoms with E-state index >= 15 is 0 Å². The first-order chi connectivity index (χ1) is 10.0. The van der Waals surface area contributed by atoms with Crippen molar-refractivity contribution < 1.29 is 4.79 Å². The molecule has 0 aliphatic rings. The van der Waals surface area contributed by atoms with Crippen LogP contribution in [0.5, 0.6) is 0 Å². The van der Waals surface area contributed by atoms with E-state index in [0.29, 0.717) is 6.54 Å². The van der Waals surface area contributed by atoms with Gasteiger partial charge in [-0.05, 0) is 38.8 Å². The third-order valence-electron chi connectivity index (χ3n) is 3.66. The second-order valence-electron chi connectivity index (χ2n) is 5.20. The number of halogens is 1. The second kappa shape index (κ2) is 6.76. The number of aromatic nitrogens is 2. The van der Waals surface area contributed by atoms with E-state index in [0.717, 1.165) is 34.0 Å². The number of aryl methyl sites for hydroxylation is 2. The Morgan fingerprint density at radius 3 is 2.71 bits per heavy atom. The van der Waals surface area contributed by atoms with Crippen LogP contribution in [-0.4, -0.2) is 22.6 Å². The lowest BCUT2D eigenvalue weighted by atomic mass is 9.98. The summed E-state index contributed by atoms with van der Waals surface area (Å²) in [6, 6.07) is 7.68. The normalized spacial score (nSPS) is 12.2. The summed E-state index contributed by atoms with van der Waals surface area (Å²) in [5, 5.41) is 10.8. The molecule has 1 amide bonds. The summed E-state index contributed by atoms with van der Waals surface area (Å²) >= 11 is 6.10. The number of carbonyl (C=O) groups is 1. The summed E-state index contributed by atoms with van der Waals surface area (Å²) in [4.78, 5) is 12.2. The SMILES string of the molecule is Cc1n[nH]c(C)c1C(C)C(=O)NCCc1ccccc1Cl. The van der Waals surface area contributed by atoms with E-state index in [1.165, 1.54) is 0 Å². The van der Waals surface area contributed by atoms with Crippen molar-refractivity contribution in [2.45, 2.75) is 33.1 Å². The van der Waals surface area contributed by atoms with Crippen LogP contribution in [0.1, 0.15) is 35.4 Å². The fourth-order valence-electron chi connectivity index (χ4n) is 2.50. The minimum atomic E-state index is -0.213. The van der Waals surface area contributed by atoms with E-state index in [9.17, 15) is 4.79 Å². The van der Waals surface area contributed by atoms with Crippen LogP contribution in [0.4, 0.5) is 0 Å². The number of benzene rings is 1. The molecule has 1 aromatic heterocycles. The molecule has 2 N–H and O–H groups in total. The fourth-order valence-corrected chi connectivity index (χ4v) is 2.73. The van der Waals surface area contributed by atoms with Gasteiger partial charge in [0.15, 0.2) is 0 Å². The molecule has 0 aliphatic carbocycles. The molecule has 0 bridgehead atoms. The van der Waals surface area contributed by atoms with E-state index in [1.54, 1.807) is 0 Å². The molecule has 0 radical (unpaired) electrons. The number of hydrogen-bond acceptors (Lipinski definition) is 2. The van der Waals surface area contributed by atoms with Crippen LogP contribution in [0, 0.1) is 13.8 Å². The highest BCUT2D eigenvalue weighted by Crippen LogP contribution is 2.21. The van der Waals surface area contributed by atoms with Gasteiger partial charge < -0.3 is 5.32 Å². The van der Waals surface area contributed by atoms with E-state index in [4.69, 9.17) is 11.6 Å². The number of hydrogen-bond donors (Lipinski definition) is 2. The molecule has 2 rings (SSSR count). The zero-order valence-electron chi connectivity index (χ0n) is 12.5. The molecule has 0 spiro atoms. The number of nitrogens with one attached hydrogen (secondary N) is 2. The molecular formula is C16H20ClN3O. The van der Waals surface area contributed by atoms with Crippen molar-refractivity contribution in [1.29, 1.82) is 0 Å². The topological polar surface area (TPSA) is 57.8 Å². The molecule has 21 heavy (non-hydrogen) atoms. The molecule has 1 heterocycles. The summed E-state index contributed by atoms with van der Waals surface area (Å²) in [7, 11) is 0. The van der Waals surface area contributed by atoms with Crippen molar-refractivity contribution in [3.63, 3.8) is 0 Å². The lowest BCUT2D eigenvalue weighted by molar-refractivity contribution is -0.122. The van der Waals surface area contributed by atoms with Crippen LogP contribution in [0.15, 0.2) is 24.3 Å². The molecule has 0 aliphatic heterocycles. The first-order valence-corrected chi connectivity index (χ1v) is 7.41. The number of H-pyrrole nitrogens is 1. The number of rotatable bonds is 5. The van der Waals surface area contributed by atoms with Gasteiger partial charge in [-0.15, -0.1) is 0 Å². The monoisotopic (exact) mass is 305 g/mol. The Morgan fingerprint density at radius 2 is 2.10 bits per heavy atom.